The summed E-state index contributed by atoms with van der Waals surface area (Å²) in [5, 5.41) is 2.17. The van der Waals surface area contributed by atoms with Gasteiger partial charge in [0.25, 0.3) is 0 Å². The Hall–Kier alpha value is -6.91. The summed E-state index contributed by atoms with van der Waals surface area (Å²) in [7, 11) is 0. The summed E-state index contributed by atoms with van der Waals surface area (Å²) in [6, 6.07) is 60.0. The molecule has 0 aliphatic carbocycles. The number of rotatable bonds is 7. The van der Waals surface area contributed by atoms with Crippen molar-refractivity contribution in [3.05, 3.63) is 204 Å². The van der Waals surface area contributed by atoms with Gasteiger partial charge in [-0.25, -0.2) is 4.98 Å². The molecule has 0 bridgehead atoms. The van der Waals surface area contributed by atoms with Gasteiger partial charge in [-0.1, -0.05) is 171 Å². The summed E-state index contributed by atoms with van der Waals surface area (Å²) in [6.45, 7) is 16.7. The lowest BCUT2D eigenvalue weighted by Gasteiger charge is -2.30. The Labute approximate surface area is 383 Å². The van der Waals surface area contributed by atoms with E-state index in [1.54, 1.807) is 12.3 Å². The van der Waals surface area contributed by atoms with Gasteiger partial charge in [0.15, 0.2) is 0 Å². The fraction of sp³-hybridized carbons (Fsp3) is 0.217. The van der Waals surface area contributed by atoms with E-state index in [1.807, 2.05) is 48.5 Å². The summed E-state index contributed by atoms with van der Waals surface area (Å²) in [5.41, 5.74) is 15.1. The first kappa shape index (κ1) is 37.6. The minimum atomic E-state index is -2.37. The van der Waals surface area contributed by atoms with Crippen LogP contribution in [0.25, 0.3) is 49.9 Å². The van der Waals surface area contributed by atoms with E-state index in [2.05, 4.69) is 185 Å². The van der Waals surface area contributed by atoms with E-state index >= 15 is 0 Å². The quantitative estimate of drug-likeness (QED) is 0.160. The van der Waals surface area contributed by atoms with Gasteiger partial charge in [0, 0.05) is 43.4 Å². The van der Waals surface area contributed by atoms with E-state index in [0.29, 0.717) is 18.1 Å². The van der Waals surface area contributed by atoms with Gasteiger partial charge in [0.05, 0.1) is 22.4 Å². The van der Waals surface area contributed by atoms with Crippen LogP contribution in [0.1, 0.15) is 87.3 Å². The molecule has 1 aliphatic heterocycles. The minimum Gasteiger partial charge on any atom is -0.321 e. The van der Waals surface area contributed by atoms with Crippen molar-refractivity contribution in [2.75, 3.05) is 16.5 Å². The lowest BCUT2D eigenvalue weighted by Crippen LogP contribution is -2.26. The van der Waals surface area contributed by atoms with Crippen LogP contribution in [0, 0.1) is 6.85 Å². The molecular formula is C60H58N4. The lowest BCUT2D eigenvalue weighted by molar-refractivity contribution is 0.568. The molecule has 0 atom stereocenters. The summed E-state index contributed by atoms with van der Waals surface area (Å²) in [6.07, 6.45) is 1.73. The molecule has 0 spiro atoms. The van der Waals surface area contributed by atoms with Crippen molar-refractivity contribution in [3.8, 4) is 28.1 Å². The lowest BCUT2D eigenvalue weighted by atomic mass is 9.77. The summed E-state index contributed by atoms with van der Waals surface area (Å²) in [4.78, 5) is 9.94. The van der Waals surface area contributed by atoms with Crippen molar-refractivity contribution in [1.29, 1.82) is 0 Å². The number of aromatic nitrogens is 2. The third-order valence-corrected chi connectivity index (χ3v) is 13.4. The number of pyridine rings is 1. The predicted octanol–water partition coefficient (Wildman–Crippen LogP) is 16.0. The van der Waals surface area contributed by atoms with Crippen molar-refractivity contribution in [1.82, 2.24) is 9.55 Å². The normalized spacial score (nSPS) is 14.2. The number of para-hydroxylation sites is 3. The Morgan fingerprint density at radius 1 is 0.469 bits per heavy atom. The van der Waals surface area contributed by atoms with E-state index in [-0.39, 0.29) is 16.4 Å². The molecule has 0 fully saturated rings. The van der Waals surface area contributed by atoms with Crippen LogP contribution in [0.3, 0.4) is 0 Å². The molecule has 318 valence electrons. The van der Waals surface area contributed by atoms with Gasteiger partial charge in [0.2, 0.25) is 0 Å². The first-order chi connectivity index (χ1) is 31.9. The molecule has 0 N–H and O–H groups in total. The molecule has 0 saturated heterocycles. The fourth-order valence-corrected chi connectivity index (χ4v) is 9.39. The van der Waals surface area contributed by atoms with Crippen LogP contribution in [0.5, 0.6) is 0 Å². The fourth-order valence-electron chi connectivity index (χ4n) is 9.39. The highest BCUT2D eigenvalue weighted by Gasteiger charge is 2.32. The number of aryl methyl sites for hydroxylation is 1. The number of fused-ring (bicyclic) bond motifs is 4. The SMILES string of the molecule is [2H]C([2H])([2H])c1cc(-n2c3ccccc3c3ccc(C(C)(C)c4cccc(N5CN(c6cc(C(C)(C)C)cc(C(C)(C)C)c6)c6ccccc65)c4)cc32)ncc1-c1ccc(-c2ccccc2)cc1. The molecule has 0 saturated carbocycles. The maximum Gasteiger partial charge on any atom is 0.137 e. The van der Waals surface area contributed by atoms with Gasteiger partial charge in [0.1, 0.15) is 12.5 Å². The molecule has 0 amide bonds. The zero-order valence-electron chi connectivity index (χ0n) is 41.2. The molecule has 0 unspecified atom stereocenters. The molecule has 3 heterocycles. The predicted molar refractivity (Wildman–Crippen MR) is 272 cm³/mol. The second-order valence-electron chi connectivity index (χ2n) is 20.0. The molecule has 4 nitrogen and oxygen atoms in total. The van der Waals surface area contributed by atoms with Gasteiger partial charge in [-0.05, 0) is 117 Å². The molecule has 1 aliphatic rings. The van der Waals surface area contributed by atoms with Crippen molar-refractivity contribution in [3.63, 3.8) is 0 Å². The van der Waals surface area contributed by atoms with Gasteiger partial charge < -0.3 is 9.80 Å². The number of hydrogen-bond acceptors (Lipinski definition) is 3. The molecular weight excluding hydrogens is 777 g/mol. The number of nitrogens with zero attached hydrogens (tertiary/aromatic N) is 4. The van der Waals surface area contributed by atoms with Crippen molar-refractivity contribution < 1.29 is 4.11 Å². The van der Waals surface area contributed by atoms with E-state index < -0.39 is 12.3 Å². The Kier molecular flexibility index (Phi) is 9.06. The highest BCUT2D eigenvalue weighted by Crippen LogP contribution is 2.47. The Balaban J connectivity index is 1.03. The van der Waals surface area contributed by atoms with Crippen LogP contribution in [0.15, 0.2) is 176 Å². The van der Waals surface area contributed by atoms with Gasteiger partial charge >= 0.3 is 0 Å². The summed E-state index contributed by atoms with van der Waals surface area (Å²) >= 11 is 0. The zero-order chi connectivity index (χ0) is 47.0. The van der Waals surface area contributed by atoms with Crippen molar-refractivity contribution in [2.24, 2.45) is 0 Å². The average molecular weight is 838 g/mol. The zero-order valence-corrected chi connectivity index (χ0v) is 38.2. The van der Waals surface area contributed by atoms with Crippen LogP contribution in [-0.4, -0.2) is 16.2 Å². The summed E-state index contributed by atoms with van der Waals surface area (Å²) in [5.74, 6) is 0.568. The highest BCUT2D eigenvalue weighted by molar-refractivity contribution is 6.09. The molecule has 7 aromatic carbocycles. The highest BCUT2D eigenvalue weighted by atomic mass is 15.4. The first-order valence-corrected chi connectivity index (χ1v) is 22.5. The van der Waals surface area contributed by atoms with Crippen LogP contribution < -0.4 is 9.80 Å². The van der Waals surface area contributed by atoms with Gasteiger partial charge in [-0.3, -0.25) is 4.57 Å². The van der Waals surface area contributed by atoms with Crippen LogP contribution >= 0.6 is 0 Å². The van der Waals surface area contributed by atoms with Gasteiger partial charge in [-0.15, -0.1) is 0 Å². The van der Waals surface area contributed by atoms with E-state index in [9.17, 15) is 0 Å². The van der Waals surface area contributed by atoms with E-state index in [4.69, 9.17) is 9.10 Å². The van der Waals surface area contributed by atoms with Crippen molar-refractivity contribution in [2.45, 2.75) is 78.5 Å². The molecule has 4 heteroatoms. The minimum absolute atomic E-state index is 0.00460. The second-order valence-corrected chi connectivity index (χ2v) is 20.0. The Bertz CT molecular complexity index is 3280. The maximum atomic E-state index is 8.73. The molecule has 9 aromatic rings. The molecule has 64 heavy (non-hydrogen) atoms. The average Bonchev–Trinajstić information content (AvgIpc) is 3.87. The van der Waals surface area contributed by atoms with Crippen LogP contribution in [0.4, 0.5) is 22.7 Å². The molecule has 2 aromatic heterocycles. The maximum absolute atomic E-state index is 8.73. The van der Waals surface area contributed by atoms with E-state index in [1.165, 1.54) is 33.8 Å². The van der Waals surface area contributed by atoms with E-state index in [0.717, 1.165) is 49.7 Å². The summed E-state index contributed by atoms with van der Waals surface area (Å²) < 4.78 is 28.3. The largest absolute Gasteiger partial charge is 0.321 e. The van der Waals surface area contributed by atoms with Crippen LogP contribution in [-0.2, 0) is 16.2 Å². The number of benzene rings is 7. The van der Waals surface area contributed by atoms with Gasteiger partial charge in [-0.2, -0.15) is 0 Å². The monoisotopic (exact) mass is 837 g/mol. The molecule has 10 rings (SSSR count). The number of hydrogen-bond donors (Lipinski definition) is 0. The number of anilines is 4. The Morgan fingerprint density at radius 3 is 1.73 bits per heavy atom. The van der Waals surface area contributed by atoms with Crippen LogP contribution in [0.2, 0.25) is 0 Å². The first-order valence-electron chi connectivity index (χ1n) is 24.0. The Morgan fingerprint density at radius 2 is 1.05 bits per heavy atom. The smallest absolute Gasteiger partial charge is 0.137 e. The second kappa shape index (κ2) is 15.4. The molecule has 0 radical (unpaired) electrons. The third kappa shape index (κ3) is 7.25. The standard InChI is InChI=1S/C60H58N4/c1-40-32-57(61-38-52(40)43-28-26-42(27-29-43)41-18-11-10-12-19-41)64-53-23-14-13-22-50(53)51-31-30-45(37-56(51)64)60(8,9)44-20-17-21-48(34-44)62-39-63(55-25-16-15-24-54(55)62)49-35-46(58(2,3)4)33-47(36-49)59(5,6)7/h10-38H,39H2,1-9H3/i1D3. The third-order valence-electron chi connectivity index (χ3n) is 13.4. The van der Waals surface area contributed by atoms with Crippen molar-refractivity contribution >= 4 is 44.6 Å². The topological polar surface area (TPSA) is 24.3 Å².